The van der Waals surface area contributed by atoms with Crippen LogP contribution in [0, 0.1) is 5.92 Å². The van der Waals surface area contributed by atoms with Gasteiger partial charge in [0, 0.05) is 37.1 Å². The largest absolute Gasteiger partial charge is 0.323 e. The SMILES string of the molecule is O=C(Nc1nccs1)N(Cc1cccnc1)CC1CCCCC1. The Labute approximate surface area is 140 Å². The molecule has 0 spiro atoms. The van der Waals surface area contributed by atoms with E-state index in [1.807, 2.05) is 28.6 Å². The normalized spacial score (nSPS) is 15.3. The van der Waals surface area contributed by atoms with Crippen LogP contribution in [0.2, 0.25) is 0 Å². The maximum atomic E-state index is 12.6. The Morgan fingerprint density at radius 1 is 1.30 bits per heavy atom. The molecule has 23 heavy (non-hydrogen) atoms. The minimum atomic E-state index is -0.0747. The summed E-state index contributed by atoms with van der Waals surface area (Å²) < 4.78 is 0. The minimum Gasteiger partial charge on any atom is -0.320 e. The van der Waals surface area contributed by atoms with Crippen molar-refractivity contribution in [2.75, 3.05) is 11.9 Å². The third kappa shape index (κ3) is 4.76. The highest BCUT2D eigenvalue weighted by Gasteiger charge is 2.21. The Morgan fingerprint density at radius 3 is 2.87 bits per heavy atom. The summed E-state index contributed by atoms with van der Waals surface area (Å²) in [5.74, 6) is 0.600. The number of pyridine rings is 1. The van der Waals surface area contributed by atoms with Crippen molar-refractivity contribution in [1.82, 2.24) is 14.9 Å². The van der Waals surface area contributed by atoms with Crippen molar-refractivity contribution in [1.29, 1.82) is 0 Å². The predicted molar refractivity (Wildman–Crippen MR) is 92.4 cm³/mol. The zero-order valence-corrected chi connectivity index (χ0v) is 14.0. The second-order valence-corrected chi connectivity index (χ2v) is 6.91. The van der Waals surface area contributed by atoms with E-state index in [1.165, 1.54) is 43.4 Å². The number of thiazole rings is 1. The standard InChI is InChI=1S/C17H22N4OS/c22-17(20-16-19-9-10-23-16)21(12-14-5-2-1-3-6-14)13-15-7-4-8-18-11-15/h4,7-11,14H,1-3,5-6,12-13H2,(H,19,20,22). The molecular weight excluding hydrogens is 308 g/mol. The van der Waals surface area contributed by atoms with E-state index in [9.17, 15) is 4.79 Å². The third-order valence-corrected chi connectivity index (χ3v) is 4.92. The van der Waals surface area contributed by atoms with Gasteiger partial charge in [0.2, 0.25) is 0 Å². The molecule has 1 fully saturated rings. The molecule has 1 aliphatic carbocycles. The number of carbonyl (C=O) groups excluding carboxylic acids is 1. The highest BCUT2D eigenvalue weighted by Crippen LogP contribution is 2.25. The molecule has 0 bridgehead atoms. The summed E-state index contributed by atoms with van der Waals surface area (Å²) in [6.45, 7) is 1.38. The van der Waals surface area contributed by atoms with Gasteiger partial charge < -0.3 is 4.90 Å². The Hall–Kier alpha value is -1.95. The van der Waals surface area contributed by atoms with Gasteiger partial charge in [-0.15, -0.1) is 11.3 Å². The first-order chi connectivity index (χ1) is 11.3. The van der Waals surface area contributed by atoms with E-state index in [0.29, 0.717) is 17.6 Å². The van der Waals surface area contributed by atoms with E-state index >= 15 is 0 Å². The van der Waals surface area contributed by atoms with Gasteiger partial charge in [-0.2, -0.15) is 0 Å². The maximum Gasteiger partial charge on any atom is 0.323 e. The van der Waals surface area contributed by atoms with Crippen LogP contribution >= 0.6 is 11.3 Å². The van der Waals surface area contributed by atoms with Gasteiger partial charge in [0.1, 0.15) is 0 Å². The van der Waals surface area contributed by atoms with E-state index in [-0.39, 0.29) is 6.03 Å². The van der Waals surface area contributed by atoms with Crippen molar-refractivity contribution < 1.29 is 4.79 Å². The van der Waals surface area contributed by atoms with Gasteiger partial charge in [-0.25, -0.2) is 9.78 Å². The molecule has 3 rings (SSSR count). The molecule has 122 valence electrons. The Morgan fingerprint density at radius 2 is 2.17 bits per heavy atom. The Kier molecular flexibility index (Phi) is 5.58. The molecule has 2 aromatic heterocycles. The average Bonchev–Trinajstić information content (AvgIpc) is 3.09. The van der Waals surface area contributed by atoms with E-state index in [0.717, 1.165) is 12.1 Å². The summed E-state index contributed by atoms with van der Waals surface area (Å²) in [6, 6.07) is 3.85. The fourth-order valence-electron chi connectivity index (χ4n) is 3.07. The predicted octanol–water partition coefficient (Wildman–Crippen LogP) is 4.15. The van der Waals surface area contributed by atoms with Crippen LogP contribution in [0.1, 0.15) is 37.7 Å². The molecule has 1 saturated carbocycles. The van der Waals surface area contributed by atoms with Crippen LogP contribution in [0.15, 0.2) is 36.1 Å². The van der Waals surface area contributed by atoms with Crippen LogP contribution in [0.4, 0.5) is 9.93 Å². The number of amides is 2. The maximum absolute atomic E-state index is 12.6. The van der Waals surface area contributed by atoms with Crippen LogP contribution in [0.25, 0.3) is 0 Å². The zero-order valence-electron chi connectivity index (χ0n) is 13.1. The monoisotopic (exact) mass is 330 g/mol. The second-order valence-electron chi connectivity index (χ2n) is 6.01. The number of rotatable bonds is 5. The lowest BCUT2D eigenvalue weighted by Gasteiger charge is -2.29. The molecule has 0 radical (unpaired) electrons. The fourth-order valence-corrected chi connectivity index (χ4v) is 3.59. The summed E-state index contributed by atoms with van der Waals surface area (Å²) in [5.41, 5.74) is 1.05. The average molecular weight is 330 g/mol. The fraction of sp³-hybridized carbons (Fsp3) is 0.471. The van der Waals surface area contributed by atoms with Crippen molar-refractivity contribution in [2.45, 2.75) is 38.6 Å². The number of hydrogen-bond acceptors (Lipinski definition) is 4. The first-order valence-corrected chi connectivity index (χ1v) is 9.03. The number of aromatic nitrogens is 2. The third-order valence-electron chi connectivity index (χ3n) is 4.23. The smallest absolute Gasteiger partial charge is 0.320 e. The summed E-state index contributed by atoms with van der Waals surface area (Å²) in [5, 5.41) is 5.42. The number of carbonyl (C=O) groups is 1. The molecule has 0 unspecified atom stereocenters. The van der Waals surface area contributed by atoms with Gasteiger partial charge >= 0.3 is 6.03 Å². The first kappa shape index (κ1) is 15.9. The molecule has 2 aromatic rings. The lowest BCUT2D eigenvalue weighted by molar-refractivity contribution is 0.187. The van der Waals surface area contributed by atoms with E-state index < -0.39 is 0 Å². The van der Waals surface area contributed by atoms with Crippen LogP contribution in [-0.2, 0) is 6.54 Å². The molecule has 1 N–H and O–H groups in total. The summed E-state index contributed by atoms with van der Waals surface area (Å²) >= 11 is 1.44. The topological polar surface area (TPSA) is 58.1 Å². The Bertz CT molecular complexity index is 596. The van der Waals surface area contributed by atoms with Gasteiger partial charge in [0.25, 0.3) is 0 Å². The van der Waals surface area contributed by atoms with Gasteiger partial charge in [-0.1, -0.05) is 25.3 Å². The van der Waals surface area contributed by atoms with Crippen LogP contribution in [-0.4, -0.2) is 27.4 Å². The molecule has 0 aliphatic heterocycles. The summed E-state index contributed by atoms with van der Waals surface area (Å²) in [4.78, 5) is 22.8. The molecule has 6 heteroatoms. The van der Waals surface area contributed by atoms with Crippen LogP contribution in [0.3, 0.4) is 0 Å². The lowest BCUT2D eigenvalue weighted by Crippen LogP contribution is -2.38. The highest BCUT2D eigenvalue weighted by atomic mass is 32.1. The van der Waals surface area contributed by atoms with E-state index in [2.05, 4.69) is 15.3 Å². The molecule has 5 nitrogen and oxygen atoms in total. The number of urea groups is 1. The molecule has 0 aromatic carbocycles. The molecule has 2 heterocycles. The highest BCUT2D eigenvalue weighted by molar-refractivity contribution is 7.13. The molecule has 0 saturated heterocycles. The second kappa shape index (κ2) is 8.06. The van der Waals surface area contributed by atoms with Gasteiger partial charge in [-0.3, -0.25) is 10.3 Å². The Balaban J connectivity index is 1.67. The minimum absolute atomic E-state index is 0.0747. The quantitative estimate of drug-likeness (QED) is 0.896. The molecular formula is C17H22N4OS. The lowest BCUT2D eigenvalue weighted by atomic mass is 9.89. The number of nitrogens with zero attached hydrogens (tertiary/aromatic N) is 3. The molecule has 2 amide bonds. The van der Waals surface area contributed by atoms with Crippen molar-refractivity contribution in [3.63, 3.8) is 0 Å². The first-order valence-electron chi connectivity index (χ1n) is 8.15. The van der Waals surface area contributed by atoms with Crippen LogP contribution < -0.4 is 5.32 Å². The van der Waals surface area contributed by atoms with Crippen molar-refractivity contribution >= 4 is 22.5 Å². The van der Waals surface area contributed by atoms with Crippen molar-refractivity contribution in [3.8, 4) is 0 Å². The molecule has 0 atom stereocenters. The summed E-state index contributed by atoms with van der Waals surface area (Å²) in [6.07, 6.45) is 11.6. The van der Waals surface area contributed by atoms with E-state index in [1.54, 1.807) is 12.4 Å². The molecule has 1 aliphatic rings. The van der Waals surface area contributed by atoms with E-state index in [4.69, 9.17) is 0 Å². The zero-order chi connectivity index (χ0) is 15.9. The van der Waals surface area contributed by atoms with Gasteiger partial charge in [-0.05, 0) is 30.4 Å². The summed E-state index contributed by atoms with van der Waals surface area (Å²) in [7, 11) is 0. The number of hydrogen-bond donors (Lipinski definition) is 1. The van der Waals surface area contributed by atoms with Gasteiger partial charge in [0.05, 0.1) is 0 Å². The number of anilines is 1. The van der Waals surface area contributed by atoms with Crippen molar-refractivity contribution in [2.24, 2.45) is 5.92 Å². The van der Waals surface area contributed by atoms with Crippen molar-refractivity contribution in [3.05, 3.63) is 41.7 Å². The van der Waals surface area contributed by atoms with Crippen LogP contribution in [0.5, 0.6) is 0 Å². The van der Waals surface area contributed by atoms with Gasteiger partial charge in [0.15, 0.2) is 5.13 Å². The number of nitrogens with one attached hydrogen (secondary N) is 1.